The molecule has 0 fully saturated rings. The van der Waals surface area contributed by atoms with E-state index >= 15 is 0 Å². The van der Waals surface area contributed by atoms with Gasteiger partial charge in [-0.25, -0.2) is 0 Å². The van der Waals surface area contributed by atoms with E-state index in [9.17, 15) is 0 Å². The molecule has 0 radical (unpaired) electrons. The van der Waals surface area contributed by atoms with Gasteiger partial charge in [-0.05, 0) is 37.6 Å². The van der Waals surface area contributed by atoms with Gasteiger partial charge in [-0.1, -0.05) is 6.92 Å². The molecule has 1 aromatic carbocycles. The van der Waals surface area contributed by atoms with Crippen LogP contribution in [0.5, 0.6) is 0 Å². The molecule has 0 bridgehead atoms. The second kappa shape index (κ2) is 5.70. The van der Waals surface area contributed by atoms with E-state index in [1.807, 2.05) is 18.2 Å². The Kier molecular flexibility index (Phi) is 4.01. The van der Waals surface area contributed by atoms with Crippen LogP contribution in [0, 0.1) is 11.3 Å². The lowest BCUT2D eigenvalue weighted by atomic mass is 10.2. The Morgan fingerprint density at radius 3 is 2.94 bits per heavy atom. The van der Waals surface area contributed by atoms with Gasteiger partial charge in [0.2, 0.25) is 0 Å². The summed E-state index contributed by atoms with van der Waals surface area (Å²) in [5, 5.41) is 13.5. The van der Waals surface area contributed by atoms with Crippen LogP contribution in [-0.2, 0) is 6.54 Å². The van der Waals surface area contributed by atoms with Gasteiger partial charge in [0.05, 0.1) is 11.6 Å². The van der Waals surface area contributed by atoms with Crippen LogP contribution in [0.1, 0.15) is 25.8 Å². The van der Waals surface area contributed by atoms with Crippen LogP contribution in [0.25, 0.3) is 10.9 Å². The molecule has 18 heavy (non-hydrogen) atoms. The quantitative estimate of drug-likeness (QED) is 0.874. The first kappa shape index (κ1) is 12.7. The molecular formula is C15H19N3. The average Bonchev–Trinajstić information content (AvgIpc) is 2.81. The van der Waals surface area contributed by atoms with Crippen molar-refractivity contribution in [2.75, 3.05) is 6.54 Å². The van der Waals surface area contributed by atoms with E-state index < -0.39 is 0 Å². The van der Waals surface area contributed by atoms with Crippen LogP contribution in [0.15, 0.2) is 30.5 Å². The van der Waals surface area contributed by atoms with E-state index in [1.165, 1.54) is 5.52 Å². The normalized spacial score (nSPS) is 12.5. The topological polar surface area (TPSA) is 40.8 Å². The van der Waals surface area contributed by atoms with Crippen molar-refractivity contribution in [3.63, 3.8) is 0 Å². The zero-order valence-corrected chi connectivity index (χ0v) is 11.0. The number of fused-ring (bicyclic) bond motifs is 1. The van der Waals surface area contributed by atoms with Crippen molar-refractivity contribution in [3.8, 4) is 6.07 Å². The zero-order valence-electron chi connectivity index (χ0n) is 11.0. The van der Waals surface area contributed by atoms with Crippen molar-refractivity contribution in [3.05, 3.63) is 36.0 Å². The molecule has 94 valence electrons. The molecule has 0 aliphatic rings. The van der Waals surface area contributed by atoms with Gasteiger partial charge in [-0.15, -0.1) is 0 Å². The fraction of sp³-hybridized carbons (Fsp3) is 0.400. The largest absolute Gasteiger partial charge is 0.346 e. The highest BCUT2D eigenvalue weighted by molar-refractivity contribution is 5.81. The lowest BCUT2D eigenvalue weighted by molar-refractivity contribution is 0.509. The van der Waals surface area contributed by atoms with Gasteiger partial charge in [0.1, 0.15) is 0 Å². The first-order valence-electron chi connectivity index (χ1n) is 6.47. The van der Waals surface area contributed by atoms with Gasteiger partial charge < -0.3 is 9.88 Å². The summed E-state index contributed by atoms with van der Waals surface area (Å²) in [5.41, 5.74) is 1.91. The summed E-state index contributed by atoms with van der Waals surface area (Å²) >= 11 is 0. The Hall–Kier alpha value is -1.79. The number of hydrogen-bond donors (Lipinski definition) is 1. The van der Waals surface area contributed by atoms with Gasteiger partial charge in [-0.2, -0.15) is 5.26 Å². The predicted molar refractivity (Wildman–Crippen MR) is 74.4 cm³/mol. The third kappa shape index (κ3) is 2.72. The predicted octanol–water partition coefficient (Wildman–Crippen LogP) is 2.90. The summed E-state index contributed by atoms with van der Waals surface area (Å²) in [7, 11) is 0. The number of benzene rings is 1. The SMILES string of the molecule is CCC(C)NCCn1ccc2cc(C#N)ccc21. The summed E-state index contributed by atoms with van der Waals surface area (Å²) in [5.74, 6) is 0. The second-order valence-corrected chi connectivity index (χ2v) is 4.66. The molecule has 0 amide bonds. The summed E-state index contributed by atoms with van der Waals surface area (Å²) < 4.78 is 2.23. The van der Waals surface area contributed by atoms with Crippen molar-refractivity contribution in [2.45, 2.75) is 32.9 Å². The van der Waals surface area contributed by atoms with Crippen LogP contribution in [0.3, 0.4) is 0 Å². The van der Waals surface area contributed by atoms with E-state index in [0.29, 0.717) is 6.04 Å². The first-order valence-corrected chi connectivity index (χ1v) is 6.47. The molecule has 2 rings (SSSR count). The highest BCUT2D eigenvalue weighted by Gasteiger charge is 2.02. The molecular weight excluding hydrogens is 222 g/mol. The van der Waals surface area contributed by atoms with Crippen molar-refractivity contribution in [2.24, 2.45) is 0 Å². The molecule has 1 N–H and O–H groups in total. The van der Waals surface area contributed by atoms with E-state index in [2.05, 4.69) is 42.1 Å². The van der Waals surface area contributed by atoms with Gasteiger partial charge in [0.15, 0.2) is 0 Å². The Balaban J connectivity index is 2.08. The monoisotopic (exact) mass is 241 g/mol. The van der Waals surface area contributed by atoms with Crippen LogP contribution in [0.4, 0.5) is 0 Å². The van der Waals surface area contributed by atoms with Gasteiger partial charge in [0, 0.05) is 36.2 Å². The fourth-order valence-corrected chi connectivity index (χ4v) is 2.04. The van der Waals surface area contributed by atoms with Crippen LogP contribution in [0.2, 0.25) is 0 Å². The maximum atomic E-state index is 8.87. The first-order chi connectivity index (χ1) is 8.74. The van der Waals surface area contributed by atoms with Gasteiger partial charge in [0.25, 0.3) is 0 Å². The van der Waals surface area contributed by atoms with Gasteiger partial charge >= 0.3 is 0 Å². The lowest BCUT2D eigenvalue weighted by Crippen LogP contribution is -2.28. The number of nitrogens with zero attached hydrogens (tertiary/aromatic N) is 2. The van der Waals surface area contributed by atoms with Crippen molar-refractivity contribution >= 4 is 10.9 Å². The Bertz CT molecular complexity index is 563. The smallest absolute Gasteiger partial charge is 0.0991 e. The van der Waals surface area contributed by atoms with Crippen molar-refractivity contribution in [1.29, 1.82) is 5.26 Å². The molecule has 1 aromatic heterocycles. The van der Waals surface area contributed by atoms with Crippen molar-refractivity contribution < 1.29 is 0 Å². The summed E-state index contributed by atoms with van der Waals surface area (Å²) in [6.45, 7) is 6.32. The maximum absolute atomic E-state index is 8.87. The maximum Gasteiger partial charge on any atom is 0.0991 e. The molecule has 3 nitrogen and oxygen atoms in total. The number of nitriles is 1. The summed E-state index contributed by atoms with van der Waals surface area (Å²) in [6, 6.07) is 10.6. The third-order valence-electron chi connectivity index (χ3n) is 3.36. The highest BCUT2D eigenvalue weighted by Crippen LogP contribution is 2.17. The Morgan fingerprint density at radius 1 is 1.39 bits per heavy atom. The van der Waals surface area contributed by atoms with E-state index in [1.54, 1.807) is 0 Å². The molecule has 0 saturated carbocycles. The standard InChI is InChI=1S/C15H19N3/c1-3-12(2)17-7-9-18-8-6-14-10-13(11-16)4-5-15(14)18/h4-6,8,10,12,17H,3,7,9H2,1-2H3. The minimum Gasteiger partial charge on any atom is -0.346 e. The van der Waals surface area contributed by atoms with Gasteiger partial charge in [-0.3, -0.25) is 0 Å². The fourth-order valence-electron chi connectivity index (χ4n) is 2.04. The summed E-state index contributed by atoms with van der Waals surface area (Å²) in [4.78, 5) is 0. The minimum atomic E-state index is 0.567. The Morgan fingerprint density at radius 2 is 2.22 bits per heavy atom. The number of nitrogens with one attached hydrogen (secondary N) is 1. The summed E-state index contributed by atoms with van der Waals surface area (Å²) in [6.07, 6.45) is 3.24. The molecule has 1 unspecified atom stereocenters. The minimum absolute atomic E-state index is 0.567. The van der Waals surface area contributed by atoms with E-state index in [-0.39, 0.29) is 0 Å². The van der Waals surface area contributed by atoms with E-state index in [0.717, 1.165) is 30.5 Å². The van der Waals surface area contributed by atoms with Crippen LogP contribution in [-0.4, -0.2) is 17.2 Å². The molecule has 3 heteroatoms. The Labute approximate surface area is 108 Å². The van der Waals surface area contributed by atoms with Crippen molar-refractivity contribution in [1.82, 2.24) is 9.88 Å². The zero-order chi connectivity index (χ0) is 13.0. The second-order valence-electron chi connectivity index (χ2n) is 4.66. The van der Waals surface area contributed by atoms with E-state index in [4.69, 9.17) is 5.26 Å². The highest BCUT2D eigenvalue weighted by atomic mass is 15.0. The number of hydrogen-bond acceptors (Lipinski definition) is 2. The molecule has 2 aromatic rings. The average molecular weight is 241 g/mol. The number of rotatable bonds is 5. The molecule has 0 spiro atoms. The molecule has 0 aliphatic heterocycles. The third-order valence-corrected chi connectivity index (χ3v) is 3.36. The van der Waals surface area contributed by atoms with Crippen LogP contribution < -0.4 is 5.32 Å². The molecule has 1 atom stereocenters. The lowest BCUT2D eigenvalue weighted by Gasteiger charge is -2.12. The molecule has 0 saturated heterocycles. The molecule has 1 heterocycles. The van der Waals surface area contributed by atoms with Crippen LogP contribution >= 0.6 is 0 Å². The molecule has 0 aliphatic carbocycles. The number of aromatic nitrogens is 1.